The molecule has 1 aliphatic rings. The number of halogens is 2. The number of anilines is 3. The molecule has 0 saturated heterocycles. The minimum absolute atomic E-state index is 0.0997. The van der Waals surface area contributed by atoms with E-state index in [9.17, 15) is 9.59 Å². The Morgan fingerprint density at radius 2 is 1.86 bits per heavy atom. The minimum atomic E-state index is -0.486. The lowest BCUT2D eigenvalue weighted by Gasteiger charge is -2.33. The quantitative estimate of drug-likeness (QED) is 0.635. The maximum absolute atomic E-state index is 12.0. The normalized spacial score (nSPS) is 16.7. The summed E-state index contributed by atoms with van der Waals surface area (Å²) in [5.74, 6) is 0.0997. The molecule has 3 aromatic rings. The molecule has 4 rings (SSSR count). The van der Waals surface area contributed by atoms with E-state index < -0.39 is 10.9 Å². The van der Waals surface area contributed by atoms with E-state index in [1.165, 1.54) is 0 Å². The Balaban J connectivity index is 1.72. The average molecular weight is 430 g/mol. The highest BCUT2D eigenvalue weighted by molar-refractivity contribution is 6.35. The van der Waals surface area contributed by atoms with Gasteiger partial charge in [0.1, 0.15) is 11.4 Å². The van der Waals surface area contributed by atoms with Gasteiger partial charge in [-0.2, -0.15) is 0 Å². The second-order valence-corrected chi connectivity index (χ2v) is 8.58. The van der Waals surface area contributed by atoms with Gasteiger partial charge in [-0.3, -0.25) is 9.59 Å². The molecule has 0 bridgehead atoms. The zero-order valence-electron chi connectivity index (χ0n) is 16.4. The first-order valence-corrected chi connectivity index (χ1v) is 10.1. The first kappa shape index (κ1) is 20.0. The zero-order chi connectivity index (χ0) is 20.9. The molecule has 0 saturated carbocycles. The summed E-state index contributed by atoms with van der Waals surface area (Å²) in [6.45, 7) is 1.60. The Labute approximate surface area is 179 Å². The lowest BCUT2D eigenvalue weighted by molar-refractivity contribution is 0.295. The minimum Gasteiger partial charge on any atom is -0.373 e. The summed E-state index contributed by atoms with van der Waals surface area (Å²) in [6.07, 6.45) is 0. The second-order valence-electron chi connectivity index (χ2n) is 7.73. The maximum Gasteiger partial charge on any atom is 0.253 e. The van der Waals surface area contributed by atoms with Crippen molar-refractivity contribution >= 4 is 40.3 Å². The molecule has 1 unspecified atom stereocenters. The second kappa shape index (κ2) is 7.48. The fourth-order valence-corrected chi connectivity index (χ4v) is 4.60. The molecule has 1 aliphatic heterocycles. The lowest BCUT2D eigenvalue weighted by Crippen LogP contribution is -2.39. The molecule has 0 aliphatic carbocycles. The molecule has 1 heterocycles. The van der Waals surface area contributed by atoms with Crippen molar-refractivity contribution < 1.29 is 0 Å². The number of benzene rings is 2. The molecule has 0 amide bonds. The van der Waals surface area contributed by atoms with E-state index in [1.54, 1.807) is 25.1 Å². The van der Waals surface area contributed by atoms with E-state index in [0.29, 0.717) is 21.4 Å². The van der Waals surface area contributed by atoms with Gasteiger partial charge in [0.2, 0.25) is 0 Å². The number of fused-ring (bicyclic) bond motifs is 1. The van der Waals surface area contributed by atoms with E-state index in [-0.39, 0.29) is 5.92 Å². The zero-order valence-corrected chi connectivity index (χ0v) is 17.9. The molecule has 0 aromatic heterocycles. The van der Waals surface area contributed by atoms with E-state index in [2.05, 4.69) is 23.3 Å². The molecule has 7 heteroatoms. The van der Waals surface area contributed by atoms with Crippen molar-refractivity contribution in [3.8, 4) is 0 Å². The number of nitrogens with zero attached hydrogens (tertiary/aromatic N) is 2. The summed E-state index contributed by atoms with van der Waals surface area (Å²) in [7, 11) is 5.57. The largest absolute Gasteiger partial charge is 0.373 e. The van der Waals surface area contributed by atoms with Crippen molar-refractivity contribution in [1.82, 2.24) is 4.90 Å². The van der Waals surface area contributed by atoms with Crippen LogP contribution in [0.1, 0.15) is 22.6 Å². The standard InChI is InChI=1S/C22H21Cl2N3O2/c1-26(2)20-19(21(28)22(20)29)25-14-6-4-5-12(7-14)16-10-27(3)11-17-15(16)8-13(23)9-18(17)24/h4-9,16,25H,10-11H2,1-3H3. The molecule has 1 atom stereocenters. The van der Waals surface area contributed by atoms with Gasteiger partial charge in [0.25, 0.3) is 10.9 Å². The Hall–Kier alpha value is -2.34. The third-order valence-electron chi connectivity index (χ3n) is 5.38. The molecular weight excluding hydrogens is 409 g/mol. The topological polar surface area (TPSA) is 52.6 Å². The highest BCUT2D eigenvalue weighted by Crippen LogP contribution is 2.39. The van der Waals surface area contributed by atoms with Gasteiger partial charge in [0, 0.05) is 48.8 Å². The van der Waals surface area contributed by atoms with Gasteiger partial charge in [0.15, 0.2) is 0 Å². The van der Waals surface area contributed by atoms with Crippen LogP contribution in [0.5, 0.6) is 0 Å². The van der Waals surface area contributed by atoms with Crippen LogP contribution in [0.2, 0.25) is 10.0 Å². The van der Waals surface area contributed by atoms with Gasteiger partial charge in [-0.05, 0) is 48.0 Å². The number of hydrogen-bond donors (Lipinski definition) is 1. The van der Waals surface area contributed by atoms with Gasteiger partial charge in [0.05, 0.1) is 0 Å². The Morgan fingerprint density at radius 3 is 2.59 bits per heavy atom. The number of rotatable bonds is 4. The van der Waals surface area contributed by atoms with Gasteiger partial charge in [-0.15, -0.1) is 0 Å². The van der Waals surface area contributed by atoms with Gasteiger partial charge < -0.3 is 15.1 Å². The Kier molecular flexibility index (Phi) is 5.15. The molecule has 150 valence electrons. The smallest absolute Gasteiger partial charge is 0.253 e. The van der Waals surface area contributed by atoms with Crippen molar-refractivity contribution in [2.24, 2.45) is 0 Å². The molecule has 0 radical (unpaired) electrons. The van der Waals surface area contributed by atoms with Crippen LogP contribution in [0.25, 0.3) is 0 Å². The van der Waals surface area contributed by atoms with E-state index in [0.717, 1.165) is 35.5 Å². The SMILES string of the molecule is CN1Cc2c(Cl)cc(Cl)cc2C(c2cccc(Nc3c(N(C)C)c(=O)c3=O)c2)C1. The molecule has 29 heavy (non-hydrogen) atoms. The summed E-state index contributed by atoms with van der Waals surface area (Å²) < 4.78 is 0. The van der Waals surface area contributed by atoms with Crippen LogP contribution < -0.4 is 21.1 Å². The van der Waals surface area contributed by atoms with Crippen LogP contribution in [-0.4, -0.2) is 32.6 Å². The highest BCUT2D eigenvalue weighted by Gasteiger charge is 2.28. The van der Waals surface area contributed by atoms with Crippen molar-refractivity contribution in [2.75, 3.05) is 37.9 Å². The van der Waals surface area contributed by atoms with E-state index >= 15 is 0 Å². The van der Waals surface area contributed by atoms with Crippen molar-refractivity contribution in [3.63, 3.8) is 0 Å². The van der Waals surface area contributed by atoms with Crippen molar-refractivity contribution in [1.29, 1.82) is 0 Å². The third kappa shape index (κ3) is 3.54. The van der Waals surface area contributed by atoms with Crippen LogP contribution in [0, 0.1) is 0 Å². The van der Waals surface area contributed by atoms with Gasteiger partial charge in [-0.1, -0.05) is 35.3 Å². The first-order valence-electron chi connectivity index (χ1n) is 9.30. The monoisotopic (exact) mass is 429 g/mol. The summed E-state index contributed by atoms with van der Waals surface area (Å²) >= 11 is 12.7. The Morgan fingerprint density at radius 1 is 1.10 bits per heavy atom. The molecular formula is C22H21Cl2N3O2. The molecule has 5 nitrogen and oxygen atoms in total. The molecule has 0 fully saturated rings. The summed E-state index contributed by atoms with van der Waals surface area (Å²) in [5, 5.41) is 4.43. The van der Waals surface area contributed by atoms with Crippen LogP contribution in [0.3, 0.4) is 0 Å². The molecule has 1 N–H and O–H groups in total. The predicted molar refractivity (Wildman–Crippen MR) is 120 cm³/mol. The van der Waals surface area contributed by atoms with E-state index in [1.807, 2.05) is 24.3 Å². The Bertz CT molecular complexity index is 1170. The molecule has 0 spiro atoms. The number of nitrogens with one attached hydrogen (secondary N) is 1. The summed E-state index contributed by atoms with van der Waals surface area (Å²) in [4.78, 5) is 27.7. The fraction of sp³-hybridized carbons (Fsp3) is 0.273. The van der Waals surface area contributed by atoms with Gasteiger partial charge in [-0.25, -0.2) is 0 Å². The van der Waals surface area contributed by atoms with Crippen molar-refractivity contribution in [2.45, 2.75) is 12.5 Å². The van der Waals surface area contributed by atoms with Crippen LogP contribution >= 0.6 is 23.2 Å². The first-order chi connectivity index (χ1) is 13.8. The van der Waals surface area contributed by atoms with Crippen LogP contribution in [0.15, 0.2) is 46.0 Å². The lowest BCUT2D eigenvalue weighted by atomic mass is 9.84. The van der Waals surface area contributed by atoms with Crippen LogP contribution in [0.4, 0.5) is 17.1 Å². The average Bonchev–Trinajstić information content (AvgIpc) is 2.67. The molecule has 3 aromatic carbocycles. The highest BCUT2D eigenvalue weighted by atomic mass is 35.5. The number of hydrogen-bond acceptors (Lipinski definition) is 5. The van der Waals surface area contributed by atoms with Crippen LogP contribution in [-0.2, 0) is 6.54 Å². The fourth-order valence-electron chi connectivity index (χ4n) is 4.03. The van der Waals surface area contributed by atoms with Gasteiger partial charge >= 0.3 is 0 Å². The summed E-state index contributed by atoms with van der Waals surface area (Å²) in [5.41, 5.74) is 3.87. The maximum atomic E-state index is 12.0. The number of likely N-dealkylation sites (N-methyl/N-ethyl adjacent to an activating group) is 1. The predicted octanol–water partition coefficient (Wildman–Crippen LogP) is 3.98. The van der Waals surface area contributed by atoms with E-state index in [4.69, 9.17) is 23.2 Å². The summed E-state index contributed by atoms with van der Waals surface area (Å²) in [6, 6.07) is 11.7. The third-order valence-corrected chi connectivity index (χ3v) is 5.94. The van der Waals surface area contributed by atoms with Crippen molar-refractivity contribution in [3.05, 3.63) is 83.6 Å².